The number of ether oxygens (including phenoxy) is 4. The maximum atomic E-state index is 11.6. The van der Waals surface area contributed by atoms with Gasteiger partial charge < -0.3 is 49.8 Å². The summed E-state index contributed by atoms with van der Waals surface area (Å²) in [5.74, 6) is 6.39. The van der Waals surface area contributed by atoms with Crippen molar-refractivity contribution in [2.75, 3.05) is 141 Å². The molecule has 4 aliphatic heterocycles. The van der Waals surface area contributed by atoms with E-state index in [2.05, 4.69) is 98.1 Å². The van der Waals surface area contributed by atoms with Crippen molar-refractivity contribution in [2.24, 2.45) is 11.7 Å². The summed E-state index contributed by atoms with van der Waals surface area (Å²) in [6.07, 6.45) is 12.6. The molecule has 4 aliphatic rings. The lowest BCUT2D eigenvalue weighted by Gasteiger charge is -2.22. The minimum atomic E-state index is -3.19. The zero-order valence-electron chi connectivity index (χ0n) is 58.6. The number of aryl methyl sites for hydroxylation is 5. The molecule has 4 unspecified atom stereocenters. The van der Waals surface area contributed by atoms with Gasteiger partial charge in [-0.05, 0) is 192 Å². The molecule has 4 atom stereocenters. The van der Waals surface area contributed by atoms with Crippen LogP contribution in [0.15, 0.2) is 121 Å². The first-order valence-corrected chi connectivity index (χ1v) is 41.7. The average molecular weight is 1520 g/mol. The monoisotopic (exact) mass is 1520 g/mol. The van der Waals surface area contributed by atoms with Crippen LogP contribution in [-0.2, 0) is 29.1 Å². The zero-order valence-corrected chi connectivity index (χ0v) is 64.9. The number of hydrogen-bond donors (Lipinski definition) is 4. The molecule has 0 aromatic heterocycles. The first kappa shape index (κ1) is 88.1. The number of phenols is 1. The van der Waals surface area contributed by atoms with Gasteiger partial charge in [-0.2, -0.15) is 0 Å². The SMILES string of the molecule is CC1CCNC1.CS(=O)(=O)Cl.Cc1ccc(O)cc1.Cc1ccc(OCCCCl)cc1.Cc1ccc(OCCCN2CCC(N(C)S(C)(=O)=O)C2)cc1.Cc1ccc(OCCCN2CCC(N)C2)cc1.Cc1ccc(OCCCN2CCC(NS(C)(=O)=O)C2)cc1.ClCCCBr. The highest BCUT2D eigenvalue weighted by Crippen LogP contribution is 2.19. The van der Waals surface area contributed by atoms with Crippen LogP contribution in [0, 0.1) is 40.5 Å². The van der Waals surface area contributed by atoms with Crippen LogP contribution in [0.1, 0.15) is 92.5 Å². The second kappa shape index (κ2) is 50.4. The fourth-order valence-corrected chi connectivity index (χ4v) is 12.1. The predicted molar refractivity (Wildman–Crippen MR) is 405 cm³/mol. The largest absolute Gasteiger partial charge is 0.508 e. The Morgan fingerprint density at radius 3 is 1.20 bits per heavy atom. The van der Waals surface area contributed by atoms with E-state index in [9.17, 15) is 25.3 Å². The molecule has 9 rings (SSSR count). The first-order valence-electron chi connectivity index (χ1n) is 33.1. The minimum absolute atomic E-state index is 0.0537. The number of halogens is 4. The molecule has 5 N–H and O–H groups in total. The summed E-state index contributed by atoms with van der Waals surface area (Å²) < 4.78 is 91.0. The molecule has 544 valence electrons. The van der Waals surface area contributed by atoms with E-state index < -0.39 is 29.1 Å². The van der Waals surface area contributed by atoms with Gasteiger partial charge in [0.15, 0.2) is 0 Å². The Hall–Kier alpha value is -3.98. The second-order valence-electron chi connectivity index (χ2n) is 24.6. The highest BCUT2D eigenvalue weighted by atomic mass is 79.9. The van der Waals surface area contributed by atoms with Crippen LogP contribution in [0.3, 0.4) is 0 Å². The molecular formula is C71H113BrCl3N7O11S3. The summed E-state index contributed by atoms with van der Waals surface area (Å²) in [6, 6.07) is 40.0. The van der Waals surface area contributed by atoms with Crippen molar-refractivity contribution < 1.29 is 49.3 Å². The molecule has 5 aromatic rings. The Labute approximate surface area is 601 Å². The Bertz CT molecular complexity index is 3100. The number of aromatic hydroxyl groups is 1. The number of phenolic OH excluding ortho intramolecular Hbond substituents is 1. The molecular weight excluding hydrogens is 1410 g/mol. The van der Waals surface area contributed by atoms with Crippen molar-refractivity contribution in [1.82, 2.24) is 29.0 Å². The third kappa shape index (κ3) is 47.1. The van der Waals surface area contributed by atoms with Crippen molar-refractivity contribution in [3.8, 4) is 28.7 Å². The Morgan fingerprint density at radius 2 is 0.906 bits per heavy atom. The molecule has 25 heteroatoms. The molecule has 0 radical (unpaired) electrons. The number of hydrogen-bond acceptors (Lipinski definition) is 16. The number of likely N-dealkylation sites (tertiary alicyclic amines) is 3. The first-order chi connectivity index (χ1) is 45.4. The molecule has 4 fully saturated rings. The molecule has 0 aliphatic carbocycles. The highest BCUT2D eigenvalue weighted by molar-refractivity contribution is 9.09. The van der Waals surface area contributed by atoms with Gasteiger partial charge in [0.1, 0.15) is 28.7 Å². The van der Waals surface area contributed by atoms with Crippen LogP contribution >= 0.6 is 49.8 Å². The van der Waals surface area contributed by atoms with Gasteiger partial charge in [-0.3, -0.25) is 0 Å². The van der Waals surface area contributed by atoms with Crippen molar-refractivity contribution in [1.29, 1.82) is 0 Å². The fraction of sp³-hybridized carbons (Fsp3) is 0.577. The van der Waals surface area contributed by atoms with E-state index in [1.54, 1.807) is 19.2 Å². The Balaban J connectivity index is 0.000000395. The number of benzene rings is 5. The summed E-state index contributed by atoms with van der Waals surface area (Å²) >= 11 is 14.0. The number of alkyl halides is 3. The molecule has 0 bridgehead atoms. The summed E-state index contributed by atoms with van der Waals surface area (Å²) in [7, 11) is -3.21. The normalized spacial score (nSPS) is 17.7. The summed E-state index contributed by atoms with van der Waals surface area (Å²) in [6.45, 7) is 26.5. The van der Waals surface area contributed by atoms with Crippen LogP contribution in [-0.4, -0.2) is 209 Å². The lowest BCUT2D eigenvalue weighted by molar-refractivity contribution is 0.254. The van der Waals surface area contributed by atoms with Gasteiger partial charge in [0, 0.05) is 92.2 Å². The van der Waals surface area contributed by atoms with Gasteiger partial charge in [-0.15, -0.1) is 23.2 Å². The van der Waals surface area contributed by atoms with Crippen LogP contribution in [0.25, 0.3) is 0 Å². The van der Waals surface area contributed by atoms with Crippen LogP contribution in [0.4, 0.5) is 0 Å². The third-order valence-corrected chi connectivity index (χ3v) is 18.3. The maximum Gasteiger partial charge on any atom is 0.229 e. The fourth-order valence-electron chi connectivity index (χ4n) is 9.69. The summed E-state index contributed by atoms with van der Waals surface area (Å²) in [5.41, 5.74) is 12.0. The Kier molecular flexibility index (Phi) is 46.2. The number of nitrogens with one attached hydrogen (secondary N) is 2. The second-order valence-corrected chi connectivity index (χ2v) is 33.1. The van der Waals surface area contributed by atoms with Crippen LogP contribution in [0.2, 0.25) is 0 Å². The van der Waals surface area contributed by atoms with Crippen molar-refractivity contribution >= 4 is 78.9 Å². The smallest absolute Gasteiger partial charge is 0.229 e. The van der Waals surface area contributed by atoms with Gasteiger partial charge >= 0.3 is 0 Å². The van der Waals surface area contributed by atoms with Gasteiger partial charge in [0.05, 0.1) is 45.2 Å². The number of nitrogens with two attached hydrogens (primary N) is 1. The molecule has 5 aromatic carbocycles. The van der Waals surface area contributed by atoms with E-state index in [1.165, 1.54) is 64.1 Å². The van der Waals surface area contributed by atoms with Crippen LogP contribution in [0.5, 0.6) is 28.7 Å². The number of likely N-dealkylation sites (N-methyl/N-ethyl adjacent to an activating group) is 1. The quantitative estimate of drug-likeness (QED) is 0.0242. The van der Waals surface area contributed by atoms with Crippen molar-refractivity contribution in [3.63, 3.8) is 0 Å². The molecule has 0 spiro atoms. The summed E-state index contributed by atoms with van der Waals surface area (Å²) in [4.78, 5) is 7.01. The highest BCUT2D eigenvalue weighted by Gasteiger charge is 2.30. The molecule has 96 heavy (non-hydrogen) atoms. The van der Waals surface area contributed by atoms with E-state index in [1.807, 2.05) is 104 Å². The standard InChI is InChI=1S/C16H26N2O3S.C15H24N2O3S.C14H22N2O.C10H13ClO.C7H8O.C5H11N.C3H6BrCl.CH3ClO2S/c1-14-5-7-16(8-6-14)21-12-4-10-18-11-9-15(13-18)17(2)22(3,19)20;1-13-4-6-15(7-5-13)20-11-3-9-17-10-8-14(12-17)16-21(2,18)19;1-12-3-5-14(6-4-12)17-10-2-8-16-9-7-13(15)11-16;1-9-3-5-10(6-4-9)12-8-2-7-11;1-6-2-4-7(8)5-3-6;1-5-2-3-6-4-5;4-2-1-3-5;1-5(2,3)4/h5-8,15H,4,9-13H2,1-3H3;4-7,14,16H,3,8-12H2,1-2H3;3-6,13H,2,7-11,15H2,1H3;3-6H,2,7-8H2,1H3;2-5,8H,1H3;5-6H,2-4H2,1H3;1-3H2;1H3. The number of sulfonamides is 2. The molecule has 4 heterocycles. The van der Waals surface area contributed by atoms with E-state index >= 15 is 0 Å². The van der Waals surface area contributed by atoms with E-state index in [0.717, 1.165) is 163 Å². The van der Waals surface area contributed by atoms with E-state index in [4.69, 9.17) is 53.0 Å². The van der Waals surface area contributed by atoms with Crippen molar-refractivity contribution in [3.05, 3.63) is 149 Å². The maximum absolute atomic E-state index is 11.6. The minimum Gasteiger partial charge on any atom is -0.508 e. The lowest BCUT2D eigenvalue weighted by atomic mass is 10.2. The molecule has 0 saturated carbocycles. The molecule has 4 saturated heterocycles. The van der Waals surface area contributed by atoms with Gasteiger partial charge in [-0.1, -0.05) is 111 Å². The topological polar surface area (TPSA) is 223 Å². The van der Waals surface area contributed by atoms with Crippen molar-refractivity contribution in [2.45, 2.75) is 117 Å². The predicted octanol–water partition coefficient (Wildman–Crippen LogP) is 12.4. The van der Waals surface area contributed by atoms with E-state index in [-0.39, 0.29) is 12.1 Å². The molecule has 0 amide bonds. The Morgan fingerprint density at radius 1 is 0.552 bits per heavy atom. The number of rotatable bonds is 25. The summed E-state index contributed by atoms with van der Waals surface area (Å²) in [5, 5.41) is 13.1. The van der Waals surface area contributed by atoms with Gasteiger partial charge in [0.2, 0.25) is 29.1 Å². The number of nitrogens with zero attached hydrogens (tertiary/aromatic N) is 4. The molecule has 18 nitrogen and oxygen atoms in total. The van der Waals surface area contributed by atoms with Gasteiger partial charge in [-0.25, -0.2) is 34.3 Å². The average Bonchev–Trinajstić information content (AvgIpc) is 1.71. The lowest BCUT2D eigenvalue weighted by Crippen LogP contribution is -2.38. The van der Waals surface area contributed by atoms with E-state index in [0.29, 0.717) is 37.5 Å². The van der Waals surface area contributed by atoms with Gasteiger partial charge in [0.25, 0.3) is 0 Å². The van der Waals surface area contributed by atoms with Crippen LogP contribution < -0.4 is 34.7 Å². The zero-order chi connectivity index (χ0) is 71.4. The third-order valence-electron chi connectivity index (χ3n) is 15.1.